The smallest absolute Gasteiger partial charge is 0.387 e. The van der Waals surface area contributed by atoms with E-state index in [1.54, 1.807) is 0 Å². The van der Waals surface area contributed by atoms with Crippen LogP contribution in [0.25, 0.3) is 0 Å². The summed E-state index contributed by atoms with van der Waals surface area (Å²) in [6, 6.07) is 2.00. The molecule has 0 heterocycles. The Hall–Kier alpha value is -1.76. The van der Waals surface area contributed by atoms with Crippen LogP contribution < -0.4 is 4.74 Å². The largest absolute Gasteiger partial charge is 0.427 e. The van der Waals surface area contributed by atoms with Gasteiger partial charge in [0, 0.05) is 0 Å². The number of carbonyl (C=O) groups excluding carboxylic acids is 1. The van der Waals surface area contributed by atoms with Crippen LogP contribution in [0.5, 0.6) is 5.75 Å². The van der Waals surface area contributed by atoms with Gasteiger partial charge in [-0.05, 0) is 19.1 Å². The molecular weight excluding hydrogens is 260 g/mol. The number of hydrogen-bond acceptors (Lipinski definition) is 4. The number of hydrogen-bond donors (Lipinski definition) is 0. The summed E-state index contributed by atoms with van der Waals surface area (Å²) in [5, 5.41) is 10.6. The second-order valence-corrected chi connectivity index (χ2v) is 3.37. The van der Waals surface area contributed by atoms with E-state index in [1.807, 2.05) is 0 Å². The lowest BCUT2D eigenvalue weighted by Crippen LogP contribution is -2.08. The highest BCUT2D eigenvalue weighted by molar-refractivity contribution is 6.34. The Morgan fingerprint density at radius 3 is 2.53 bits per heavy atom. The van der Waals surface area contributed by atoms with Gasteiger partial charge >= 0.3 is 12.3 Å². The molecule has 0 N–H and O–H groups in total. The van der Waals surface area contributed by atoms with Crippen LogP contribution in [-0.4, -0.2) is 17.3 Å². The first-order chi connectivity index (χ1) is 7.84. The number of ether oxygens (including phenoxy) is 1. The Balaban J connectivity index is 3.47. The monoisotopic (exact) mass is 265 g/mol. The summed E-state index contributed by atoms with van der Waals surface area (Å²) in [7, 11) is 0. The fraction of sp³-hybridized carbons (Fsp3) is 0.222. The lowest BCUT2D eigenvalue weighted by molar-refractivity contribution is -0.386. The average Bonchev–Trinajstić information content (AvgIpc) is 2.18. The molecule has 0 aliphatic rings. The molecule has 0 saturated carbocycles. The van der Waals surface area contributed by atoms with Crippen LogP contribution in [0.3, 0.4) is 0 Å². The zero-order valence-electron chi connectivity index (χ0n) is 8.45. The Bertz CT molecular complexity index is 478. The molecule has 0 aromatic heterocycles. The zero-order chi connectivity index (χ0) is 13.2. The number of carbonyl (C=O) groups is 1. The predicted octanol–water partition coefficient (Wildman–Crippen LogP) is 3.05. The highest BCUT2D eigenvalue weighted by Crippen LogP contribution is 2.36. The van der Waals surface area contributed by atoms with Crippen LogP contribution in [0.2, 0.25) is 5.02 Å². The molecule has 0 aliphatic heterocycles. The molecule has 8 heteroatoms. The summed E-state index contributed by atoms with van der Waals surface area (Å²) in [4.78, 5) is 21.0. The van der Waals surface area contributed by atoms with Crippen molar-refractivity contribution >= 4 is 23.1 Å². The number of ketones is 1. The number of nitrogens with zero attached hydrogens (tertiary/aromatic N) is 1. The van der Waals surface area contributed by atoms with Crippen molar-refractivity contribution in [1.29, 1.82) is 0 Å². The van der Waals surface area contributed by atoms with Crippen LogP contribution in [0.15, 0.2) is 12.1 Å². The third-order valence-corrected chi connectivity index (χ3v) is 2.16. The molecule has 0 saturated heterocycles. The van der Waals surface area contributed by atoms with E-state index in [4.69, 9.17) is 11.6 Å². The van der Waals surface area contributed by atoms with Crippen molar-refractivity contribution in [3.05, 3.63) is 32.8 Å². The third kappa shape index (κ3) is 2.88. The quantitative estimate of drug-likeness (QED) is 0.477. The molecule has 0 fully saturated rings. The molecule has 0 atom stereocenters. The molecular formula is C9H6ClF2NO4. The number of nitro groups is 1. The number of alkyl halides is 2. The maximum Gasteiger partial charge on any atom is 0.387 e. The van der Waals surface area contributed by atoms with E-state index in [1.165, 1.54) is 0 Å². The van der Waals surface area contributed by atoms with Gasteiger partial charge in [0.05, 0.1) is 9.95 Å². The number of nitro benzene ring substituents is 1. The van der Waals surface area contributed by atoms with E-state index < -0.39 is 34.3 Å². The van der Waals surface area contributed by atoms with E-state index in [0.29, 0.717) is 0 Å². The van der Waals surface area contributed by atoms with E-state index >= 15 is 0 Å². The second kappa shape index (κ2) is 5.05. The average molecular weight is 266 g/mol. The summed E-state index contributed by atoms with van der Waals surface area (Å²) in [5.74, 6) is -1.40. The van der Waals surface area contributed by atoms with Crippen LogP contribution in [0.4, 0.5) is 14.5 Å². The molecule has 92 valence electrons. The number of rotatable bonds is 4. The molecule has 1 aromatic carbocycles. The first-order valence-electron chi connectivity index (χ1n) is 4.27. The first kappa shape index (κ1) is 13.3. The predicted molar refractivity (Wildman–Crippen MR) is 54.7 cm³/mol. The lowest BCUT2D eigenvalue weighted by Gasteiger charge is -2.08. The van der Waals surface area contributed by atoms with Crippen molar-refractivity contribution < 1.29 is 23.2 Å². The van der Waals surface area contributed by atoms with Crippen molar-refractivity contribution in [3.63, 3.8) is 0 Å². The maximum absolute atomic E-state index is 12.0. The fourth-order valence-corrected chi connectivity index (χ4v) is 1.54. The number of Topliss-reactive ketones (excluding diaryl/α,β-unsaturated/α-hetero) is 1. The summed E-state index contributed by atoms with van der Waals surface area (Å²) in [6.45, 7) is -2.19. The second-order valence-electron chi connectivity index (χ2n) is 2.96. The van der Waals surface area contributed by atoms with Gasteiger partial charge in [0.2, 0.25) is 5.75 Å². The van der Waals surface area contributed by atoms with Gasteiger partial charge in [0.25, 0.3) is 0 Å². The Morgan fingerprint density at radius 2 is 2.12 bits per heavy atom. The van der Waals surface area contributed by atoms with Crippen molar-refractivity contribution in [2.24, 2.45) is 0 Å². The first-order valence-corrected chi connectivity index (χ1v) is 4.65. The molecule has 0 bridgehead atoms. The third-order valence-electron chi connectivity index (χ3n) is 1.84. The molecule has 0 spiro atoms. The van der Waals surface area contributed by atoms with Gasteiger partial charge in [-0.3, -0.25) is 14.9 Å². The summed E-state index contributed by atoms with van der Waals surface area (Å²) < 4.78 is 28.0. The summed E-state index contributed by atoms with van der Waals surface area (Å²) in [5.41, 5.74) is -1.31. The van der Waals surface area contributed by atoms with Gasteiger partial charge in [-0.25, -0.2) is 0 Å². The minimum absolute atomic E-state index is 0.189. The zero-order valence-corrected chi connectivity index (χ0v) is 9.20. The van der Waals surface area contributed by atoms with E-state index in [2.05, 4.69) is 4.74 Å². The molecule has 17 heavy (non-hydrogen) atoms. The summed E-state index contributed by atoms with van der Waals surface area (Å²) in [6.07, 6.45) is 0. The van der Waals surface area contributed by atoms with Crippen molar-refractivity contribution in [3.8, 4) is 5.75 Å². The molecule has 1 aromatic rings. The molecule has 0 aliphatic carbocycles. The SMILES string of the molecule is CC(=O)c1c(Cl)ccc(OC(F)F)c1[N+](=O)[O-]. The highest BCUT2D eigenvalue weighted by Gasteiger charge is 2.28. The Morgan fingerprint density at radius 1 is 1.53 bits per heavy atom. The number of halogens is 3. The van der Waals surface area contributed by atoms with Crippen molar-refractivity contribution in [2.75, 3.05) is 0 Å². The standard InChI is InChI=1S/C9H6ClF2NO4/c1-4(14)7-5(10)2-3-6(17-9(11)12)8(7)13(15)16/h2-3,9H,1H3. The molecule has 0 amide bonds. The Labute approximate surface area is 99.1 Å². The van der Waals surface area contributed by atoms with Gasteiger partial charge in [-0.15, -0.1) is 0 Å². The number of benzene rings is 1. The van der Waals surface area contributed by atoms with Crippen molar-refractivity contribution in [2.45, 2.75) is 13.5 Å². The minimum atomic E-state index is -3.23. The van der Waals surface area contributed by atoms with Gasteiger partial charge in [-0.2, -0.15) is 8.78 Å². The van der Waals surface area contributed by atoms with Gasteiger partial charge < -0.3 is 4.74 Å². The van der Waals surface area contributed by atoms with Crippen LogP contribution >= 0.6 is 11.6 Å². The van der Waals surface area contributed by atoms with E-state index in [-0.39, 0.29) is 5.02 Å². The fourth-order valence-electron chi connectivity index (χ4n) is 1.25. The van der Waals surface area contributed by atoms with Crippen LogP contribution in [0, 0.1) is 10.1 Å². The topological polar surface area (TPSA) is 69.4 Å². The molecule has 5 nitrogen and oxygen atoms in total. The highest BCUT2D eigenvalue weighted by atomic mass is 35.5. The normalized spacial score (nSPS) is 10.4. The van der Waals surface area contributed by atoms with E-state index in [0.717, 1.165) is 19.1 Å². The van der Waals surface area contributed by atoms with Crippen molar-refractivity contribution in [1.82, 2.24) is 0 Å². The lowest BCUT2D eigenvalue weighted by atomic mass is 10.1. The minimum Gasteiger partial charge on any atom is -0.427 e. The van der Waals surface area contributed by atoms with Gasteiger partial charge in [-0.1, -0.05) is 11.6 Å². The summed E-state index contributed by atoms with van der Waals surface area (Å²) >= 11 is 5.61. The van der Waals surface area contributed by atoms with Gasteiger partial charge in [0.1, 0.15) is 5.56 Å². The molecule has 0 unspecified atom stereocenters. The van der Waals surface area contributed by atoms with Crippen LogP contribution in [0.1, 0.15) is 17.3 Å². The Kier molecular flexibility index (Phi) is 3.95. The van der Waals surface area contributed by atoms with Gasteiger partial charge in [0.15, 0.2) is 5.78 Å². The maximum atomic E-state index is 12.0. The van der Waals surface area contributed by atoms with Crippen LogP contribution in [-0.2, 0) is 0 Å². The molecule has 1 rings (SSSR count). The molecule has 0 radical (unpaired) electrons. The van der Waals surface area contributed by atoms with E-state index in [9.17, 15) is 23.7 Å².